The first-order valence-electron chi connectivity index (χ1n) is 6.04. The molecule has 6 heteroatoms. The molecule has 0 unspecified atom stereocenters. The van der Waals surface area contributed by atoms with Gasteiger partial charge in [0.05, 0.1) is 23.1 Å². The van der Waals surface area contributed by atoms with Crippen molar-refractivity contribution in [1.29, 1.82) is 0 Å². The summed E-state index contributed by atoms with van der Waals surface area (Å²) < 4.78 is 14.5. The van der Waals surface area contributed by atoms with Crippen LogP contribution in [0.5, 0.6) is 0 Å². The van der Waals surface area contributed by atoms with Gasteiger partial charge in [0.1, 0.15) is 5.82 Å². The minimum absolute atomic E-state index is 0.248. The third kappa shape index (κ3) is 2.46. The number of rotatable bonds is 3. The van der Waals surface area contributed by atoms with Gasteiger partial charge in [-0.15, -0.1) is 0 Å². The average molecular weight is 335 g/mol. The second-order valence-corrected chi connectivity index (χ2v) is 5.40. The van der Waals surface area contributed by atoms with Gasteiger partial charge in [0, 0.05) is 22.0 Å². The van der Waals surface area contributed by atoms with E-state index in [4.69, 9.17) is 5.73 Å². The van der Waals surface area contributed by atoms with Crippen molar-refractivity contribution in [1.82, 2.24) is 10.2 Å². The van der Waals surface area contributed by atoms with Gasteiger partial charge < -0.3 is 11.1 Å². The monoisotopic (exact) mass is 334 g/mol. The molecule has 0 aliphatic rings. The van der Waals surface area contributed by atoms with Crippen molar-refractivity contribution in [2.24, 2.45) is 0 Å². The molecule has 1 heterocycles. The lowest BCUT2D eigenvalue weighted by Crippen LogP contribution is -2.04. The Bertz CT molecular complexity index is 769. The number of nitrogens with two attached hydrogens (primary N) is 1. The van der Waals surface area contributed by atoms with Crippen molar-refractivity contribution in [3.05, 3.63) is 52.4 Å². The number of aromatic amines is 1. The fourth-order valence-electron chi connectivity index (χ4n) is 2.03. The van der Waals surface area contributed by atoms with E-state index >= 15 is 0 Å². The van der Waals surface area contributed by atoms with Crippen LogP contribution in [0.3, 0.4) is 0 Å². The summed E-state index contributed by atoms with van der Waals surface area (Å²) in [6, 6.07) is 8.55. The van der Waals surface area contributed by atoms with Crippen molar-refractivity contribution >= 4 is 38.2 Å². The molecule has 2 aromatic carbocycles. The number of anilines is 2. The normalized spacial score (nSPS) is 10.9. The number of benzene rings is 2. The molecule has 4 nitrogen and oxygen atoms in total. The molecule has 3 aromatic rings. The standard InChI is InChI=1S/C14H12BrFN4/c15-10-1-2-11(16)8(3-10)6-18-14-5-13-9(4-12(14)17)7-19-20-13/h1-5,7,18H,6,17H2,(H,19,20). The summed E-state index contributed by atoms with van der Waals surface area (Å²) >= 11 is 3.33. The molecule has 3 rings (SSSR count). The lowest BCUT2D eigenvalue weighted by molar-refractivity contribution is 0.612. The van der Waals surface area contributed by atoms with Gasteiger partial charge in [-0.1, -0.05) is 15.9 Å². The maximum absolute atomic E-state index is 13.7. The van der Waals surface area contributed by atoms with Gasteiger partial charge >= 0.3 is 0 Å². The molecule has 0 aliphatic heterocycles. The molecule has 0 saturated carbocycles. The molecule has 0 spiro atoms. The minimum Gasteiger partial charge on any atom is -0.397 e. The van der Waals surface area contributed by atoms with Gasteiger partial charge in [-0.2, -0.15) is 5.10 Å². The lowest BCUT2D eigenvalue weighted by Gasteiger charge is -2.10. The highest BCUT2D eigenvalue weighted by Gasteiger charge is 2.06. The van der Waals surface area contributed by atoms with Crippen LogP contribution in [-0.4, -0.2) is 10.2 Å². The second kappa shape index (κ2) is 5.13. The fraction of sp³-hybridized carbons (Fsp3) is 0.0714. The molecular weight excluding hydrogens is 323 g/mol. The Balaban J connectivity index is 1.86. The van der Waals surface area contributed by atoms with Crippen LogP contribution in [0.4, 0.5) is 15.8 Å². The van der Waals surface area contributed by atoms with Crippen molar-refractivity contribution in [2.45, 2.75) is 6.54 Å². The topological polar surface area (TPSA) is 66.7 Å². The Hall–Kier alpha value is -2.08. The highest BCUT2D eigenvalue weighted by atomic mass is 79.9. The largest absolute Gasteiger partial charge is 0.397 e. The summed E-state index contributed by atoms with van der Waals surface area (Å²) in [5.74, 6) is -0.248. The zero-order valence-corrected chi connectivity index (χ0v) is 12.0. The Labute approximate surface area is 123 Å². The predicted molar refractivity (Wildman–Crippen MR) is 81.9 cm³/mol. The third-order valence-electron chi connectivity index (χ3n) is 3.09. The number of halogens is 2. The molecule has 0 bridgehead atoms. The van der Waals surface area contributed by atoms with E-state index in [1.165, 1.54) is 6.07 Å². The van der Waals surface area contributed by atoms with Crippen LogP contribution in [0.25, 0.3) is 10.9 Å². The Morgan fingerprint density at radius 2 is 2.15 bits per heavy atom. The maximum atomic E-state index is 13.7. The summed E-state index contributed by atoms with van der Waals surface area (Å²) in [5.41, 5.74) is 8.79. The Kier molecular flexibility index (Phi) is 3.31. The van der Waals surface area contributed by atoms with Gasteiger partial charge in [0.15, 0.2) is 0 Å². The number of hydrogen-bond donors (Lipinski definition) is 3. The highest BCUT2D eigenvalue weighted by Crippen LogP contribution is 2.25. The molecular formula is C14H12BrFN4. The van der Waals surface area contributed by atoms with Crippen LogP contribution in [0.2, 0.25) is 0 Å². The van der Waals surface area contributed by atoms with Gasteiger partial charge in [-0.3, -0.25) is 5.10 Å². The molecule has 0 fully saturated rings. The summed E-state index contributed by atoms with van der Waals surface area (Å²) in [6.45, 7) is 0.356. The summed E-state index contributed by atoms with van der Waals surface area (Å²) in [5, 5.41) is 10.9. The number of nitrogens with one attached hydrogen (secondary N) is 2. The number of hydrogen-bond acceptors (Lipinski definition) is 3. The van der Waals surface area contributed by atoms with Gasteiger partial charge in [-0.05, 0) is 30.3 Å². The first-order chi connectivity index (χ1) is 9.63. The van der Waals surface area contributed by atoms with E-state index in [2.05, 4.69) is 31.4 Å². The van der Waals surface area contributed by atoms with Gasteiger partial charge in [0.25, 0.3) is 0 Å². The maximum Gasteiger partial charge on any atom is 0.128 e. The number of fused-ring (bicyclic) bond motifs is 1. The molecule has 0 radical (unpaired) electrons. The van der Waals surface area contributed by atoms with E-state index in [-0.39, 0.29) is 5.82 Å². The number of nitrogen functional groups attached to an aromatic ring is 1. The van der Waals surface area contributed by atoms with Crippen LogP contribution in [0.15, 0.2) is 41.0 Å². The van der Waals surface area contributed by atoms with Crippen LogP contribution >= 0.6 is 15.9 Å². The van der Waals surface area contributed by atoms with Crippen LogP contribution in [0.1, 0.15) is 5.56 Å². The summed E-state index contributed by atoms with van der Waals surface area (Å²) in [7, 11) is 0. The number of aromatic nitrogens is 2. The van der Waals surface area contributed by atoms with E-state index in [0.717, 1.165) is 21.1 Å². The van der Waals surface area contributed by atoms with Crippen molar-refractivity contribution < 1.29 is 4.39 Å². The van der Waals surface area contributed by atoms with Crippen LogP contribution in [-0.2, 0) is 6.54 Å². The molecule has 0 aliphatic carbocycles. The predicted octanol–water partition coefficient (Wildman–Crippen LogP) is 3.66. The van der Waals surface area contributed by atoms with E-state index in [1.807, 2.05) is 12.1 Å². The van der Waals surface area contributed by atoms with E-state index in [1.54, 1.807) is 18.3 Å². The molecule has 4 N–H and O–H groups in total. The minimum atomic E-state index is -0.248. The van der Waals surface area contributed by atoms with Crippen LogP contribution < -0.4 is 11.1 Å². The van der Waals surface area contributed by atoms with E-state index < -0.39 is 0 Å². The number of nitrogens with zero attached hydrogens (tertiary/aromatic N) is 1. The average Bonchev–Trinajstić information content (AvgIpc) is 2.86. The molecule has 0 amide bonds. The van der Waals surface area contributed by atoms with Crippen LogP contribution in [0, 0.1) is 5.82 Å². The second-order valence-electron chi connectivity index (χ2n) is 4.49. The van der Waals surface area contributed by atoms with E-state index in [9.17, 15) is 4.39 Å². The molecule has 1 aromatic heterocycles. The lowest BCUT2D eigenvalue weighted by atomic mass is 10.2. The van der Waals surface area contributed by atoms with Crippen molar-refractivity contribution in [3.8, 4) is 0 Å². The SMILES string of the molecule is Nc1cc2cn[nH]c2cc1NCc1cc(Br)ccc1F. The van der Waals surface area contributed by atoms with Crippen molar-refractivity contribution in [3.63, 3.8) is 0 Å². The first-order valence-corrected chi connectivity index (χ1v) is 6.83. The third-order valence-corrected chi connectivity index (χ3v) is 3.58. The zero-order valence-electron chi connectivity index (χ0n) is 10.5. The highest BCUT2D eigenvalue weighted by molar-refractivity contribution is 9.10. The smallest absolute Gasteiger partial charge is 0.128 e. The fourth-order valence-corrected chi connectivity index (χ4v) is 2.44. The Morgan fingerprint density at radius 1 is 1.30 bits per heavy atom. The molecule has 102 valence electrons. The van der Waals surface area contributed by atoms with Gasteiger partial charge in [0.2, 0.25) is 0 Å². The molecule has 20 heavy (non-hydrogen) atoms. The van der Waals surface area contributed by atoms with Crippen molar-refractivity contribution in [2.75, 3.05) is 11.1 Å². The first kappa shape index (κ1) is 12.9. The zero-order chi connectivity index (χ0) is 14.1. The quantitative estimate of drug-likeness (QED) is 0.640. The number of H-pyrrole nitrogens is 1. The molecule has 0 atom stereocenters. The molecule has 0 saturated heterocycles. The van der Waals surface area contributed by atoms with E-state index in [0.29, 0.717) is 17.8 Å². The van der Waals surface area contributed by atoms with Gasteiger partial charge in [-0.25, -0.2) is 4.39 Å². The summed E-state index contributed by atoms with van der Waals surface area (Å²) in [6.07, 6.45) is 1.71. The Morgan fingerprint density at radius 3 is 3.00 bits per heavy atom. The summed E-state index contributed by atoms with van der Waals surface area (Å²) in [4.78, 5) is 0.